The van der Waals surface area contributed by atoms with Gasteiger partial charge in [-0.3, -0.25) is 4.79 Å². The zero-order valence-electron chi connectivity index (χ0n) is 6.83. The van der Waals surface area contributed by atoms with Crippen LogP contribution in [0.25, 0.3) is 0 Å². The third-order valence-corrected chi connectivity index (χ3v) is 2.91. The van der Waals surface area contributed by atoms with Crippen LogP contribution in [0.5, 0.6) is 0 Å². The molecule has 0 radical (unpaired) electrons. The van der Waals surface area contributed by atoms with Crippen molar-refractivity contribution in [3.63, 3.8) is 0 Å². The summed E-state index contributed by atoms with van der Waals surface area (Å²) >= 11 is 3.14. The molecule has 0 aromatic rings. The molecule has 0 amide bonds. The lowest BCUT2D eigenvalue weighted by atomic mass is 9.95. The molecule has 0 bridgehead atoms. The molecule has 3 nitrogen and oxygen atoms in total. The minimum atomic E-state index is -0.763. The van der Waals surface area contributed by atoms with Crippen LogP contribution < -0.4 is 0 Å². The fraction of sp³-hybridized carbons (Fsp3) is 0.875. The van der Waals surface area contributed by atoms with Crippen molar-refractivity contribution >= 4 is 21.9 Å². The number of hydrogen-bond donors (Lipinski definition) is 1. The number of carboxylic acid groups (broad SMARTS) is 1. The molecule has 12 heavy (non-hydrogen) atoms. The molecule has 1 N–H and O–H groups in total. The minimum absolute atomic E-state index is 0.388. The first-order chi connectivity index (χ1) is 5.70. The van der Waals surface area contributed by atoms with Crippen molar-refractivity contribution in [3.05, 3.63) is 0 Å². The molecular formula is C8H13BrO3. The number of rotatable bonds is 3. The second-order valence-electron chi connectivity index (χ2n) is 3.10. The smallest absolute Gasteiger partial charge is 0.317 e. The molecule has 4 heteroatoms. The second-order valence-corrected chi connectivity index (χ2v) is 4.20. The van der Waals surface area contributed by atoms with Gasteiger partial charge in [-0.25, -0.2) is 0 Å². The van der Waals surface area contributed by atoms with Crippen molar-refractivity contribution in [2.24, 2.45) is 5.92 Å². The van der Waals surface area contributed by atoms with E-state index in [2.05, 4.69) is 15.9 Å². The van der Waals surface area contributed by atoms with E-state index >= 15 is 0 Å². The van der Waals surface area contributed by atoms with Crippen LogP contribution in [0, 0.1) is 5.92 Å². The predicted octanol–water partition coefficient (Wildman–Crippen LogP) is 1.65. The monoisotopic (exact) mass is 236 g/mol. The minimum Gasteiger partial charge on any atom is -0.480 e. The lowest BCUT2D eigenvalue weighted by Crippen LogP contribution is -2.22. The summed E-state index contributed by atoms with van der Waals surface area (Å²) in [4.78, 5) is 10.1. The van der Waals surface area contributed by atoms with E-state index in [1.54, 1.807) is 0 Å². The summed E-state index contributed by atoms with van der Waals surface area (Å²) < 4.78 is 5.18. The number of alkyl halides is 1. The van der Waals surface area contributed by atoms with Crippen molar-refractivity contribution in [2.75, 3.05) is 13.2 Å². The number of halogens is 1. The van der Waals surface area contributed by atoms with Gasteiger partial charge < -0.3 is 9.84 Å². The van der Waals surface area contributed by atoms with Crippen molar-refractivity contribution in [1.82, 2.24) is 0 Å². The highest BCUT2D eigenvalue weighted by Crippen LogP contribution is 2.23. The number of carbonyl (C=O) groups is 1. The Hall–Kier alpha value is -0.0900. The molecule has 1 rings (SSSR count). The average molecular weight is 237 g/mol. The van der Waals surface area contributed by atoms with Crippen LogP contribution in [0.15, 0.2) is 0 Å². The number of carboxylic acids is 1. The molecule has 0 aromatic heterocycles. The molecule has 1 aliphatic rings. The van der Waals surface area contributed by atoms with Crippen molar-refractivity contribution in [1.29, 1.82) is 0 Å². The fourth-order valence-corrected chi connectivity index (χ4v) is 1.90. The van der Waals surface area contributed by atoms with Gasteiger partial charge in [0.25, 0.3) is 0 Å². The summed E-state index contributed by atoms with van der Waals surface area (Å²) in [6.07, 6.45) is 2.71. The number of ether oxygens (including phenoxy) is 1. The maximum absolute atomic E-state index is 10.5. The molecule has 0 aliphatic carbocycles. The molecule has 0 aromatic carbocycles. The van der Waals surface area contributed by atoms with Crippen LogP contribution in [-0.4, -0.2) is 29.1 Å². The van der Waals surface area contributed by atoms with Crippen LogP contribution in [0.2, 0.25) is 0 Å². The Morgan fingerprint density at radius 1 is 1.58 bits per heavy atom. The van der Waals surface area contributed by atoms with Gasteiger partial charge in [-0.15, -0.1) is 0 Å². The number of aliphatic carboxylic acids is 1. The van der Waals surface area contributed by atoms with Crippen molar-refractivity contribution in [3.8, 4) is 0 Å². The highest BCUT2D eigenvalue weighted by molar-refractivity contribution is 9.10. The second kappa shape index (κ2) is 4.82. The van der Waals surface area contributed by atoms with E-state index in [0.717, 1.165) is 32.5 Å². The van der Waals surface area contributed by atoms with E-state index in [9.17, 15) is 4.79 Å². The van der Waals surface area contributed by atoms with Crippen LogP contribution in [0.4, 0.5) is 0 Å². The summed E-state index contributed by atoms with van der Waals surface area (Å²) in [5.74, 6) is -0.249. The van der Waals surface area contributed by atoms with Crippen LogP contribution in [-0.2, 0) is 9.53 Å². The lowest BCUT2D eigenvalue weighted by molar-refractivity contribution is -0.136. The largest absolute Gasteiger partial charge is 0.480 e. The summed E-state index contributed by atoms with van der Waals surface area (Å²) in [5, 5.41) is 8.63. The number of hydrogen-bond acceptors (Lipinski definition) is 2. The van der Waals surface area contributed by atoms with Crippen molar-refractivity contribution in [2.45, 2.75) is 24.1 Å². The predicted molar refractivity (Wildman–Crippen MR) is 48.5 cm³/mol. The van der Waals surface area contributed by atoms with E-state index in [1.165, 1.54) is 0 Å². The van der Waals surface area contributed by atoms with Gasteiger partial charge in [-0.05, 0) is 25.2 Å². The van der Waals surface area contributed by atoms with Crippen molar-refractivity contribution < 1.29 is 14.6 Å². The maximum Gasteiger partial charge on any atom is 0.317 e. The molecule has 1 saturated heterocycles. The van der Waals surface area contributed by atoms with Gasteiger partial charge in [-0.1, -0.05) is 15.9 Å². The SMILES string of the molecule is O=C(O)C(Br)CC1CCOCC1. The molecule has 1 unspecified atom stereocenters. The summed E-state index contributed by atoms with van der Waals surface area (Å²) in [6, 6.07) is 0. The Morgan fingerprint density at radius 2 is 2.17 bits per heavy atom. The van der Waals surface area contributed by atoms with E-state index in [0.29, 0.717) is 5.92 Å². The molecule has 70 valence electrons. The van der Waals surface area contributed by atoms with Gasteiger partial charge >= 0.3 is 5.97 Å². The maximum atomic E-state index is 10.5. The molecule has 1 heterocycles. The highest BCUT2D eigenvalue weighted by Gasteiger charge is 2.21. The Balaban J connectivity index is 2.24. The standard InChI is InChI=1S/C8H13BrO3/c9-7(8(10)11)5-6-1-3-12-4-2-6/h6-7H,1-5H2,(H,10,11). The topological polar surface area (TPSA) is 46.5 Å². The summed E-state index contributed by atoms with van der Waals surface area (Å²) in [5.41, 5.74) is 0. The van der Waals surface area contributed by atoms with Crippen LogP contribution in [0.1, 0.15) is 19.3 Å². The Kier molecular flexibility index (Phi) is 4.01. The fourth-order valence-electron chi connectivity index (χ4n) is 1.38. The first-order valence-corrected chi connectivity index (χ1v) is 5.06. The zero-order valence-corrected chi connectivity index (χ0v) is 8.42. The van der Waals surface area contributed by atoms with Gasteiger partial charge in [0, 0.05) is 13.2 Å². The lowest BCUT2D eigenvalue weighted by Gasteiger charge is -2.22. The normalized spacial score (nSPS) is 22.1. The molecule has 0 saturated carbocycles. The summed E-state index contributed by atoms with van der Waals surface area (Å²) in [7, 11) is 0. The Labute approximate surface area is 80.2 Å². The van der Waals surface area contributed by atoms with Crippen LogP contribution in [0.3, 0.4) is 0 Å². The Bertz CT molecular complexity index is 154. The van der Waals surface area contributed by atoms with E-state index in [4.69, 9.17) is 9.84 Å². The van der Waals surface area contributed by atoms with E-state index in [1.807, 2.05) is 0 Å². The van der Waals surface area contributed by atoms with Gasteiger partial charge in [0.05, 0.1) is 0 Å². The molecule has 1 fully saturated rings. The third-order valence-electron chi connectivity index (χ3n) is 2.15. The quantitative estimate of drug-likeness (QED) is 0.759. The van der Waals surface area contributed by atoms with Gasteiger partial charge in [0.15, 0.2) is 0 Å². The average Bonchev–Trinajstić information content (AvgIpc) is 2.06. The molecule has 0 spiro atoms. The molecule has 1 atom stereocenters. The van der Waals surface area contributed by atoms with E-state index < -0.39 is 5.97 Å². The first kappa shape index (κ1) is 9.99. The van der Waals surface area contributed by atoms with Gasteiger partial charge in [0.2, 0.25) is 0 Å². The van der Waals surface area contributed by atoms with Gasteiger partial charge in [0.1, 0.15) is 4.83 Å². The Morgan fingerprint density at radius 3 is 2.67 bits per heavy atom. The first-order valence-electron chi connectivity index (χ1n) is 4.14. The highest BCUT2D eigenvalue weighted by atomic mass is 79.9. The molecular weight excluding hydrogens is 224 g/mol. The zero-order chi connectivity index (χ0) is 8.97. The molecule has 1 aliphatic heterocycles. The summed E-state index contributed by atoms with van der Waals surface area (Å²) in [6.45, 7) is 1.56. The third kappa shape index (κ3) is 3.11. The van der Waals surface area contributed by atoms with Gasteiger partial charge in [-0.2, -0.15) is 0 Å². The van der Waals surface area contributed by atoms with Crippen LogP contribution >= 0.6 is 15.9 Å². The van der Waals surface area contributed by atoms with E-state index in [-0.39, 0.29) is 4.83 Å².